The summed E-state index contributed by atoms with van der Waals surface area (Å²) in [7, 11) is 2.37. The molecule has 13 heteroatoms. The molecule has 0 radical (unpaired) electrons. The Kier molecular flexibility index (Phi) is 17.0. The van der Waals surface area contributed by atoms with Gasteiger partial charge in [0, 0.05) is 26.3 Å². The van der Waals surface area contributed by atoms with Crippen molar-refractivity contribution in [2.45, 2.75) is 39.2 Å². The predicted octanol–water partition coefficient (Wildman–Crippen LogP) is 2.11. The summed E-state index contributed by atoms with van der Waals surface area (Å²) < 4.78 is 36.3. The van der Waals surface area contributed by atoms with Crippen molar-refractivity contribution in [1.29, 1.82) is 0 Å². The molecule has 0 aliphatic carbocycles. The third-order valence-electron chi connectivity index (χ3n) is 4.85. The van der Waals surface area contributed by atoms with Gasteiger partial charge < -0.3 is 43.8 Å². The van der Waals surface area contributed by atoms with Crippen LogP contribution in [0.2, 0.25) is 0 Å². The lowest BCUT2D eigenvalue weighted by Gasteiger charge is -2.19. The number of hydrogen-bond acceptors (Lipinski definition) is 11. The minimum atomic E-state index is -0.783. The Hall–Kier alpha value is -3.42. The Bertz CT molecular complexity index is 932. The first-order valence-electron chi connectivity index (χ1n) is 13.0. The van der Waals surface area contributed by atoms with E-state index in [2.05, 4.69) is 15.4 Å². The highest BCUT2D eigenvalue weighted by molar-refractivity contribution is 6.05. The van der Waals surface area contributed by atoms with Gasteiger partial charge in [0.1, 0.15) is 16.9 Å². The Morgan fingerprint density at radius 1 is 0.750 bits per heavy atom. The van der Waals surface area contributed by atoms with Gasteiger partial charge in [-0.25, -0.2) is 14.4 Å². The van der Waals surface area contributed by atoms with Crippen LogP contribution in [-0.4, -0.2) is 103 Å². The van der Waals surface area contributed by atoms with Gasteiger partial charge in [-0.15, -0.1) is 0 Å². The van der Waals surface area contributed by atoms with Crippen molar-refractivity contribution in [2.24, 2.45) is 0 Å². The van der Waals surface area contributed by atoms with Crippen LogP contribution in [0.15, 0.2) is 18.2 Å². The minimum Gasteiger partial charge on any atom is -0.483 e. The molecular formula is C27H42N2O11. The second-order valence-electron chi connectivity index (χ2n) is 9.27. The first-order valence-corrected chi connectivity index (χ1v) is 13.0. The van der Waals surface area contributed by atoms with Gasteiger partial charge in [-0.1, -0.05) is 6.07 Å². The van der Waals surface area contributed by atoms with Gasteiger partial charge in [0.05, 0.1) is 46.2 Å². The van der Waals surface area contributed by atoms with Gasteiger partial charge in [0.15, 0.2) is 6.61 Å². The van der Waals surface area contributed by atoms with Crippen molar-refractivity contribution in [1.82, 2.24) is 10.6 Å². The first kappa shape index (κ1) is 34.6. The number of carbonyl (C=O) groups is 4. The average Bonchev–Trinajstić information content (AvgIpc) is 2.91. The largest absolute Gasteiger partial charge is 0.483 e. The number of carbonyl (C=O) groups excluding carboxylic acids is 4. The van der Waals surface area contributed by atoms with Crippen molar-refractivity contribution in [2.75, 3.05) is 73.6 Å². The molecule has 0 saturated carbocycles. The number of esters is 2. The highest BCUT2D eigenvalue weighted by Gasteiger charge is 2.23. The topological polar surface area (TPSA) is 157 Å². The molecule has 0 unspecified atom stereocenters. The number of nitrogens with one attached hydrogen (secondary N) is 2. The van der Waals surface area contributed by atoms with Crippen LogP contribution in [-0.2, 0) is 33.2 Å². The molecular weight excluding hydrogens is 528 g/mol. The van der Waals surface area contributed by atoms with Crippen LogP contribution < -0.4 is 15.4 Å². The smallest absolute Gasteiger partial charge is 0.407 e. The molecule has 226 valence electrons. The number of ether oxygens (including phenoxy) is 7. The molecule has 2 amide bonds. The minimum absolute atomic E-state index is 0.0226. The van der Waals surface area contributed by atoms with Gasteiger partial charge in [-0.05, 0) is 45.7 Å². The maximum atomic E-state index is 12.1. The molecule has 0 bridgehead atoms. The highest BCUT2D eigenvalue weighted by Crippen LogP contribution is 2.24. The van der Waals surface area contributed by atoms with Gasteiger partial charge in [0.25, 0.3) is 5.91 Å². The van der Waals surface area contributed by atoms with E-state index in [-0.39, 0.29) is 23.5 Å². The zero-order chi connectivity index (χ0) is 29.8. The van der Waals surface area contributed by atoms with Crippen molar-refractivity contribution in [3.8, 4) is 5.75 Å². The Morgan fingerprint density at radius 3 is 1.85 bits per heavy atom. The molecule has 0 spiro atoms. The molecule has 0 aliphatic heterocycles. The molecule has 0 fully saturated rings. The monoisotopic (exact) mass is 570 g/mol. The summed E-state index contributed by atoms with van der Waals surface area (Å²) >= 11 is 0. The Balaban J connectivity index is 2.06. The average molecular weight is 571 g/mol. The fourth-order valence-corrected chi connectivity index (χ4v) is 3.06. The number of methoxy groups -OCH3 is 2. The number of alkyl carbamates (subject to hydrolysis) is 1. The molecule has 1 aromatic carbocycles. The van der Waals surface area contributed by atoms with E-state index in [9.17, 15) is 19.2 Å². The van der Waals surface area contributed by atoms with E-state index in [0.717, 1.165) is 0 Å². The van der Waals surface area contributed by atoms with E-state index >= 15 is 0 Å². The zero-order valence-corrected chi connectivity index (χ0v) is 24.0. The van der Waals surface area contributed by atoms with Crippen LogP contribution >= 0.6 is 0 Å². The van der Waals surface area contributed by atoms with Gasteiger partial charge in [-0.3, -0.25) is 4.79 Å². The van der Waals surface area contributed by atoms with Crippen LogP contribution in [0.5, 0.6) is 5.75 Å². The molecule has 0 saturated heterocycles. The number of benzene rings is 1. The highest BCUT2D eigenvalue weighted by atomic mass is 16.6. The van der Waals surface area contributed by atoms with E-state index in [1.165, 1.54) is 32.4 Å². The summed E-state index contributed by atoms with van der Waals surface area (Å²) in [5.41, 5.74) is -0.652. The maximum Gasteiger partial charge on any atom is 0.407 e. The van der Waals surface area contributed by atoms with Crippen LogP contribution in [0.1, 0.15) is 54.3 Å². The molecule has 0 atom stereocenters. The van der Waals surface area contributed by atoms with Gasteiger partial charge in [0.2, 0.25) is 0 Å². The van der Waals surface area contributed by atoms with Crippen LogP contribution in [0.4, 0.5) is 4.79 Å². The van der Waals surface area contributed by atoms with Gasteiger partial charge >= 0.3 is 18.0 Å². The molecule has 1 aromatic rings. The lowest BCUT2D eigenvalue weighted by Crippen LogP contribution is -2.33. The van der Waals surface area contributed by atoms with Gasteiger partial charge in [-0.2, -0.15) is 0 Å². The molecule has 0 aromatic heterocycles. The van der Waals surface area contributed by atoms with E-state index < -0.39 is 29.5 Å². The van der Waals surface area contributed by atoms with Crippen LogP contribution in [0.25, 0.3) is 0 Å². The summed E-state index contributed by atoms with van der Waals surface area (Å²) in [5, 5.41) is 5.36. The summed E-state index contributed by atoms with van der Waals surface area (Å²) in [6.07, 6.45) is 0.807. The van der Waals surface area contributed by atoms with E-state index in [0.29, 0.717) is 65.6 Å². The Labute approximate surface area is 235 Å². The van der Waals surface area contributed by atoms with Crippen molar-refractivity contribution < 1.29 is 52.3 Å². The molecule has 1 rings (SSSR count). The van der Waals surface area contributed by atoms with Crippen LogP contribution in [0, 0.1) is 0 Å². The summed E-state index contributed by atoms with van der Waals surface area (Å²) in [4.78, 5) is 47.7. The third kappa shape index (κ3) is 15.2. The molecule has 0 aliphatic rings. The quantitative estimate of drug-likeness (QED) is 0.143. The van der Waals surface area contributed by atoms with Crippen LogP contribution in [0.3, 0.4) is 0 Å². The summed E-state index contributed by atoms with van der Waals surface area (Å²) in [6.45, 7) is 8.52. The number of hydrogen-bond donors (Lipinski definition) is 2. The number of amides is 2. The third-order valence-corrected chi connectivity index (χ3v) is 4.85. The lowest BCUT2D eigenvalue weighted by atomic mass is 10.1. The van der Waals surface area contributed by atoms with Crippen molar-refractivity contribution in [3.05, 3.63) is 29.3 Å². The summed E-state index contributed by atoms with van der Waals surface area (Å²) in [6, 6.07) is 4.37. The zero-order valence-electron chi connectivity index (χ0n) is 24.0. The van der Waals surface area contributed by atoms with E-state index in [4.69, 9.17) is 28.4 Å². The van der Waals surface area contributed by atoms with E-state index in [1.807, 2.05) is 20.8 Å². The lowest BCUT2D eigenvalue weighted by molar-refractivity contribution is -0.123. The fourth-order valence-electron chi connectivity index (χ4n) is 3.06. The molecule has 0 heterocycles. The molecule has 2 N–H and O–H groups in total. The normalized spacial score (nSPS) is 10.9. The first-order chi connectivity index (χ1) is 19.1. The fraction of sp³-hybridized carbons (Fsp3) is 0.630. The SMILES string of the molecule is COC(=O)c1cccc(OCC(=O)NCCCOCCOCCOCCCNC(=O)OC(C)(C)C)c1C(=O)OC. The van der Waals surface area contributed by atoms with Crippen molar-refractivity contribution in [3.63, 3.8) is 0 Å². The predicted molar refractivity (Wildman–Crippen MR) is 144 cm³/mol. The standard InChI is InChI=1S/C27H42N2O11/c1-27(2,3)40-26(33)29-12-8-14-37-16-18-38-17-15-36-13-7-11-28-22(30)19-39-21-10-6-9-20(24(31)34-4)23(21)25(32)35-5/h6,9-10H,7-8,11-19H2,1-5H3,(H,28,30)(H,29,33). The Morgan fingerprint density at radius 2 is 1.30 bits per heavy atom. The second kappa shape index (κ2) is 19.6. The number of rotatable bonds is 19. The molecule has 13 nitrogen and oxygen atoms in total. The maximum absolute atomic E-state index is 12.1. The second-order valence-corrected chi connectivity index (χ2v) is 9.27. The molecule has 40 heavy (non-hydrogen) atoms. The van der Waals surface area contributed by atoms with E-state index in [1.54, 1.807) is 0 Å². The summed E-state index contributed by atoms with van der Waals surface area (Å²) in [5.74, 6) is -1.87. The van der Waals surface area contributed by atoms with Crippen molar-refractivity contribution >= 4 is 23.9 Å².